The van der Waals surface area contributed by atoms with Gasteiger partial charge in [-0.25, -0.2) is 9.48 Å². The van der Waals surface area contributed by atoms with Gasteiger partial charge in [0.05, 0.1) is 17.6 Å². The maximum Gasteiger partial charge on any atom is 0.338 e. The maximum atomic E-state index is 12.3. The third-order valence-electron chi connectivity index (χ3n) is 4.85. The number of carbonyl (C=O) groups is 3. The van der Waals surface area contributed by atoms with E-state index in [0.29, 0.717) is 17.7 Å². The van der Waals surface area contributed by atoms with Crippen molar-refractivity contribution in [1.29, 1.82) is 0 Å². The molecule has 31 heavy (non-hydrogen) atoms. The molecule has 3 aromatic rings. The van der Waals surface area contributed by atoms with E-state index < -0.39 is 18.5 Å². The van der Waals surface area contributed by atoms with Crippen molar-refractivity contribution < 1.29 is 19.1 Å². The van der Waals surface area contributed by atoms with E-state index in [9.17, 15) is 14.4 Å². The molecule has 162 valence electrons. The second kappa shape index (κ2) is 9.38. The smallest absolute Gasteiger partial charge is 0.338 e. The van der Waals surface area contributed by atoms with Crippen LogP contribution in [-0.2, 0) is 20.9 Å². The third kappa shape index (κ3) is 5.25. The summed E-state index contributed by atoms with van der Waals surface area (Å²) in [7, 11) is 1.48. The number of anilines is 1. The number of fused-ring (bicyclic) bond motifs is 1. The lowest BCUT2D eigenvalue weighted by molar-refractivity contribution is -0.136. The van der Waals surface area contributed by atoms with Gasteiger partial charge < -0.3 is 15.0 Å². The fourth-order valence-corrected chi connectivity index (χ4v) is 3.02. The number of ether oxygens (including phenoxy) is 1. The molecule has 0 atom stereocenters. The van der Waals surface area contributed by atoms with Crippen molar-refractivity contribution in [2.45, 2.75) is 27.3 Å². The average Bonchev–Trinajstić information content (AvgIpc) is 3.16. The lowest BCUT2D eigenvalue weighted by Crippen LogP contribution is -2.37. The Morgan fingerprint density at radius 2 is 1.90 bits per heavy atom. The van der Waals surface area contributed by atoms with Crippen molar-refractivity contribution in [2.75, 3.05) is 25.5 Å². The van der Waals surface area contributed by atoms with Crippen molar-refractivity contribution in [3.8, 4) is 0 Å². The SMILES string of the molecule is CCn1nnc2cc(C(=O)OCC(=O)N(C)CC(=O)Nc3cc(C)ccc3C)ccc21. The molecule has 0 unspecified atom stereocenters. The Morgan fingerprint density at radius 3 is 2.65 bits per heavy atom. The molecule has 0 fully saturated rings. The Hall–Kier alpha value is -3.75. The van der Waals surface area contributed by atoms with Crippen molar-refractivity contribution >= 4 is 34.5 Å². The molecule has 0 saturated heterocycles. The van der Waals surface area contributed by atoms with Crippen LogP contribution in [0.15, 0.2) is 36.4 Å². The topological polar surface area (TPSA) is 106 Å². The van der Waals surface area contributed by atoms with E-state index in [1.165, 1.54) is 11.9 Å². The van der Waals surface area contributed by atoms with Crippen LogP contribution < -0.4 is 5.32 Å². The molecule has 0 aliphatic rings. The van der Waals surface area contributed by atoms with Crippen LogP contribution in [0, 0.1) is 13.8 Å². The predicted octanol–water partition coefficient (Wildman–Crippen LogP) is 2.32. The second-order valence-electron chi connectivity index (χ2n) is 7.30. The predicted molar refractivity (Wildman–Crippen MR) is 116 cm³/mol. The number of hydrogen-bond acceptors (Lipinski definition) is 6. The van der Waals surface area contributed by atoms with Gasteiger partial charge in [-0.15, -0.1) is 5.10 Å². The zero-order chi connectivity index (χ0) is 22.5. The van der Waals surface area contributed by atoms with Gasteiger partial charge in [-0.05, 0) is 56.2 Å². The summed E-state index contributed by atoms with van der Waals surface area (Å²) < 4.78 is 6.83. The van der Waals surface area contributed by atoms with Gasteiger partial charge in [0.25, 0.3) is 5.91 Å². The van der Waals surface area contributed by atoms with Crippen LogP contribution in [0.5, 0.6) is 0 Å². The molecule has 0 aliphatic carbocycles. The van der Waals surface area contributed by atoms with Gasteiger partial charge in [-0.3, -0.25) is 9.59 Å². The van der Waals surface area contributed by atoms with E-state index in [4.69, 9.17) is 4.74 Å². The van der Waals surface area contributed by atoms with Crippen LogP contribution in [0.4, 0.5) is 5.69 Å². The molecule has 3 rings (SSSR count). The van der Waals surface area contributed by atoms with Gasteiger partial charge in [0.2, 0.25) is 5.91 Å². The lowest BCUT2D eigenvalue weighted by Gasteiger charge is -2.17. The van der Waals surface area contributed by atoms with Crippen LogP contribution in [0.3, 0.4) is 0 Å². The molecule has 0 radical (unpaired) electrons. The Labute approximate surface area is 180 Å². The zero-order valence-corrected chi connectivity index (χ0v) is 18.0. The number of nitrogens with one attached hydrogen (secondary N) is 1. The first-order valence-corrected chi connectivity index (χ1v) is 9.90. The van der Waals surface area contributed by atoms with E-state index >= 15 is 0 Å². The van der Waals surface area contributed by atoms with Crippen LogP contribution in [0.25, 0.3) is 11.0 Å². The van der Waals surface area contributed by atoms with Gasteiger partial charge in [-0.2, -0.15) is 0 Å². The van der Waals surface area contributed by atoms with Gasteiger partial charge in [-0.1, -0.05) is 17.3 Å². The molecule has 1 N–H and O–H groups in total. The Balaban J connectivity index is 1.53. The molecule has 0 spiro atoms. The number of aromatic nitrogens is 3. The van der Waals surface area contributed by atoms with Gasteiger partial charge in [0.1, 0.15) is 5.52 Å². The zero-order valence-electron chi connectivity index (χ0n) is 18.0. The number of carbonyl (C=O) groups excluding carboxylic acids is 3. The molecule has 9 nitrogen and oxygen atoms in total. The van der Waals surface area contributed by atoms with Crippen molar-refractivity contribution in [3.63, 3.8) is 0 Å². The highest BCUT2D eigenvalue weighted by Crippen LogP contribution is 2.16. The lowest BCUT2D eigenvalue weighted by atomic mass is 10.1. The minimum absolute atomic E-state index is 0.157. The van der Waals surface area contributed by atoms with Crippen molar-refractivity contribution in [3.05, 3.63) is 53.1 Å². The first-order chi connectivity index (χ1) is 14.8. The summed E-state index contributed by atoms with van der Waals surface area (Å²) in [6.45, 7) is 5.81. The number of hydrogen-bond donors (Lipinski definition) is 1. The third-order valence-corrected chi connectivity index (χ3v) is 4.85. The molecule has 0 bridgehead atoms. The Kier molecular flexibility index (Phi) is 6.64. The average molecular weight is 423 g/mol. The second-order valence-corrected chi connectivity index (χ2v) is 7.30. The summed E-state index contributed by atoms with van der Waals surface area (Å²) in [5.41, 5.74) is 4.31. The number of rotatable bonds is 7. The Morgan fingerprint density at radius 1 is 1.13 bits per heavy atom. The number of amides is 2. The minimum Gasteiger partial charge on any atom is -0.452 e. The molecule has 2 aromatic carbocycles. The first-order valence-electron chi connectivity index (χ1n) is 9.90. The maximum absolute atomic E-state index is 12.3. The van der Waals surface area contributed by atoms with E-state index in [0.717, 1.165) is 16.6 Å². The Bertz CT molecular complexity index is 1140. The molecule has 1 aromatic heterocycles. The molecular weight excluding hydrogens is 398 g/mol. The number of esters is 1. The first kappa shape index (κ1) is 21.9. The molecule has 2 amide bonds. The van der Waals surface area contributed by atoms with E-state index in [1.54, 1.807) is 22.9 Å². The van der Waals surface area contributed by atoms with Crippen molar-refractivity contribution in [1.82, 2.24) is 19.9 Å². The standard InChI is InChI=1S/C22H25N5O4/c1-5-27-19-9-8-16(11-18(19)24-25-27)22(30)31-13-21(29)26(4)12-20(28)23-17-10-14(2)6-7-15(17)3/h6-11H,5,12-13H2,1-4H3,(H,23,28). The summed E-state index contributed by atoms with van der Waals surface area (Å²) in [6, 6.07) is 10.7. The van der Waals surface area contributed by atoms with E-state index in [2.05, 4.69) is 15.6 Å². The quantitative estimate of drug-likeness (QED) is 0.585. The fourth-order valence-electron chi connectivity index (χ4n) is 3.02. The van der Waals surface area contributed by atoms with E-state index in [-0.39, 0.29) is 18.0 Å². The van der Waals surface area contributed by atoms with Crippen LogP contribution in [-0.4, -0.2) is 57.9 Å². The van der Waals surface area contributed by atoms with Crippen LogP contribution >= 0.6 is 0 Å². The molecular formula is C22H25N5O4. The highest BCUT2D eigenvalue weighted by Gasteiger charge is 2.17. The van der Waals surface area contributed by atoms with E-state index in [1.807, 2.05) is 39.0 Å². The summed E-state index contributed by atoms with van der Waals surface area (Å²) >= 11 is 0. The number of aryl methyl sites for hydroxylation is 3. The molecule has 1 heterocycles. The summed E-state index contributed by atoms with van der Waals surface area (Å²) in [5.74, 6) is -1.46. The highest BCUT2D eigenvalue weighted by molar-refractivity contribution is 5.97. The normalized spacial score (nSPS) is 10.7. The van der Waals surface area contributed by atoms with Gasteiger partial charge in [0, 0.05) is 19.3 Å². The van der Waals surface area contributed by atoms with Crippen LogP contribution in [0.1, 0.15) is 28.4 Å². The molecule has 9 heteroatoms. The number of likely N-dealkylation sites (N-methyl/N-ethyl adjacent to an activating group) is 1. The monoisotopic (exact) mass is 423 g/mol. The summed E-state index contributed by atoms with van der Waals surface area (Å²) in [6.07, 6.45) is 0. The molecule has 0 aliphatic heterocycles. The van der Waals surface area contributed by atoms with Gasteiger partial charge in [0.15, 0.2) is 6.61 Å². The largest absolute Gasteiger partial charge is 0.452 e. The fraction of sp³-hybridized carbons (Fsp3) is 0.318. The summed E-state index contributed by atoms with van der Waals surface area (Å²) in [5, 5.41) is 10.8. The number of benzene rings is 2. The molecule has 0 saturated carbocycles. The van der Waals surface area contributed by atoms with Crippen LogP contribution in [0.2, 0.25) is 0 Å². The number of nitrogens with zero attached hydrogens (tertiary/aromatic N) is 4. The summed E-state index contributed by atoms with van der Waals surface area (Å²) in [4.78, 5) is 38.1. The highest BCUT2D eigenvalue weighted by atomic mass is 16.5. The van der Waals surface area contributed by atoms with Crippen molar-refractivity contribution in [2.24, 2.45) is 0 Å². The van der Waals surface area contributed by atoms with Gasteiger partial charge >= 0.3 is 5.97 Å². The minimum atomic E-state index is -0.644.